The smallest absolute Gasteiger partial charge is 0.237 e. The van der Waals surface area contributed by atoms with Crippen LogP contribution in [-0.2, 0) is 4.79 Å². The summed E-state index contributed by atoms with van der Waals surface area (Å²) < 4.78 is 13.6. The van der Waals surface area contributed by atoms with Crippen LogP contribution in [0.25, 0.3) is 0 Å². The van der Waals surface area contributed by atoms with Gasteiger partial charge in [0, 0.05) is 13.6 Å². The molecule has 0 aliphatic rings. The van der Waals surface area contributed by atoms with E-state index in [1.807, 2.05) is 18.0 Å². The summed E-state index contributed by atoms with van der Waals surface area (Å²) in [6, 6.07) is 6.71. The molecule has 1 atom stereocenters. The van der Waals surface area contributed by atoms with Crippen molar-refractivity contribution in [3.8, 4) is 0 Å². The molecular formula is C15H24FN3O. The summed E-state index contributed by atoms with van der Waals surface area (Å²) in [6.07, 6.45) is 2.39. The maximum atomic E-state index is 13.6. The predicted octanol–water partition coefficient (Wildman–Crippen LogP) is 1.90. The van der Waals surface area contributed by atoms with Gasteiger partial charge in [-0.05, 0) is 45.4 Å². The van der Waals surface area contributed by atoms with E-state index >= 15 is 0 Å². The van der Waals surface area contributed by atoms with E-state index in [4.69, 9.17) is 5.73 Å². The number of unbranched alkanes of at least 4 members (excludes halogenated alkanes) is 1. The number of nitrogens with two attached hydrogens (primary N) is 1. The van der Waals surface area contributed by atoms with Crippen molar-refractivity contribution in [2.75, 3.05) is 25.5 Å². The van der Waals surface area contributed by atoms with Crippen molar-refractivity contribution < 1.29 is 9.18 Å². The van der Waals surface area contributed by atoms with E-state index < -0.39 is 5.54 Å². The number of nitrogens with one attached hydrogen (secondary N) is 1. The lowest BCUT2D eigenvalue weighted by Crippen LogP contribution is -2.51. The summed E-state index contributed by atoms with van der Waals surface area (Å²) in [5.41, 5.74) is 5.30. The highest BCUT2D eigenvalue weighted by Crippen LogP contribution is 2.18. The number of carbonyl (C=O) groups is 1. The number of hydrogen-bond acceptors (Lipinski definition) is 3. The van der Waals surface area contributed by atoms with Crippen molar-refractivity contribution >= 4 is 11.6 Å². The average molecular weight is 281 g/mol. The van der Waals surface area contributed by atoms with Gasteiger partial charge in [-0.2, -0.15) is 0 Å². The van der Waals surface area contributed by atoms with E-state index in [-0.39, 0.29) is 11.7 Å². The van der Waals surface area contributed by atoms with Crippen LogP contribution >= 0.6 is 0 Å². The molecule has 3 N–H and O–H groups in total. The lowest BCUT2D eigenvalue weighted by molar-refractivity contribution is -0.123. The molecule has 0 aliphatic carbocycles. The summed E-state index contributed by atoms with van der Waals surface area (Å²) >= 11 is 0. The molecule has 20 heavy (non-hydrogen) atoms. The van der Waals surface area contributed by atoms with Crippen LogP contribution in [0.2, 0.25) is 0 Å². The maximum absolute atomic E-state index is 13.6. The molecule has 1 rings (SSSR count). The summed E-state index contributed by atoms with van der Waals surface area (Å²) in [7, 11) is 3.60. The summed E-state index contributed by atoms with van der Waals surface area (Å²) in [6.45, 7) is 2.54. The van der Waals surface area contributed by atoms with Gasteiger partial charge in [0.25, 0.3) is 0 Å². The van der Waals surface area contributed by atoms with Gasteiger partial charge in [0.05, 0.1) is 11.2 Å². The highest BCUT2D eigenvalue weighted by Gasteiger charge is 2.27. The third-order valence-electron chi connectivity index (χ3n) is 3.78. The Morgan fingerprint density at radius 2 is 2.05 bits per heavy atom. The van der Waals surface area contributed by atoms with Crippen LogP contribution in [0.15, 0.2) is 24.3 Å². The van der Waals surface area contributed by atoms with Crippen LogP contribution in [0.5, 0.6) is 0 Å². The number of carbonyl (C=O) groups excluding carboxylic acids is 1. The zero-order valence-electron chi connectivity index (χ0n) is 12.4. The van der Waals surface area contributed by atoms with Crippen molar-refractivity contribution in [3.05, 3.63) is 30.1 Å². The zero-order valence-corrected chi connectivity index (χ0v) is 12.4. The van der Waals surface area contributed by atoms with Gasteiger partial charge < -0.3 is 16.0 Å². The molecule has 5 heteroatoms. The Balaban J connectivity index is 2.42. The molecule has 0 saturated heterocycles. The number of nitrogens with zero attached hydrogens (tertiary/aromatic N) is 1. The second-order valence-corrected chi connectivity index (χ2v) is 5.28. The highest BCUT2D eigenvalue weighted by molar-refractivity contribution is 5.84. The molecule has 0 heterocycles. The molecule has 0 aromatic heterocycles. The van der Waals surface area contributed by atoms with E-state index in [2.05, 4.69) is 5.32 Å². The van der Waals surface area contributed by atoms with Gasteiger partial charge in [0.1, 0.15) is 5.82 Å². The van der Waals surface area contributed by atoms with Crippen molar-refractivity contribution in [1.29, 1.82) is 0 Å². The molecule has 0 aliphatic heterocycles. The van der Waals surface area contributed by atoms with Gasteiger partial charge in [-0.3, -0.25) is 4.79 Å². The first-order valence-corrected chi connectivity index (χ1v) is 6.85. The fraction of sp³-hybridized carbons (Fsp3) is 0.533. The molecule has 1 aromatic carbocycles. The minimum atomic E-state index is -0.670. The fourth-order valence-electron chi connectivity index (χ4n) is 2.08. The number of benzene rings is 1. The van der Waals surface area contributed by atoms with E-state index in [1.54, 1.807) is 26.1 Å². The quantitative estimate of drug-likeness (QED) is 0.715. The Morgan fingerprint density at radius 3 is 2.60 bits per heavy atom. The molecule has 1 aromatic rings. The number of amides is 1. The SMILES string of the molecule is CNC(C)(CCCCN(C)c1ccccc1F)C(N)=O. The van der Waals surface area contributed by atoms with E-state index in [9.17, 15) is 9.18 Å². The van der Waals surface area contributed by atoms with Crippen molar-refractivity contribution in [1.82, 2.24) is 5.32 Å². The number of rotatable bonds is 8. The van der Waals surface area contributed by atoms with Gasteiger partial charge in [0.2, 0.25) is 5.91 Å². The van der Waals surface area contributed by atoms with E-state index in [0.29, 0.717) is 12.1 Å². The van der Waals surface area contributed by atoms with E-state index in [1.165, 1.54) is 6.07 Å². The largest absolute Gasteiger partial charge is 0.372 e. The van der Waals surface area contributed by atoms with Gasteiger partial charge in [-0.1, -0.05) is 12.1 Å². The molecule has 0 fully saturated rings. The van der Waals surface area contributed by atoms with Crippen molar-refractivity contribution in [2.45, 2.75) is 31.7 Å². The van der Waals surface area contributed by atoms with Crippen LogP contribution in [0.4, 0.5) is 10.1 Å². The van der Waals surface area contributed by atoms with Gasteiger partial charge in [0.15, 0.2) is 0 Å². The summed E-state index contributed by atoms with van der Waals surface area (Å²) in [5.74, 6) is -0.561. The van der Waals surface area contributed by atoms with Crippen molar-refractivity contribution in [2.24, 2.45) is 5.73 Å². The molecule has 1 amide bonds. The Labute approximate surface area is 120 Å². The summed E-state index contributed by atoms with van der Waals surface area (Å²) in [4.78, 5) is 13.2. The topological polar surface area (TPSA) is 58.4 Å². The number of anilines is 1. The lowest BCUT2D eigenvalue weighted by Gasteiger charge is -2.26. The maximum Gasteiger partial charge on any atom is 0.237 e. The molecule has 0 spiro atoms. The minimum Gasteiger partial charge on any atom is -0.372 e. The van der Waals surface area contributed by atoms with E-state index in [0.717, 1.165) is 19.4 Å². The average Bonchev–Trinajstić information content (AvgIpc) is 2.43. The Morgan fingerprint density at radius 1 is 1.40 bits per heavy atom. The third kappa shape index (κ3) is 4.20. The van der Waals surface area contributed by atoms with Crippen LogP contribution in [0.1, 0.15) is 26.2 Å². The number of halogens is 1. The molecule has 4 nitrogen and oxygen atoms in total. The zero-order chi connectivity index (χ0) is 15.2. The normalized spacial score (nSPS) is 13.8. The van der Waals surface area contributed by atoms with Crippen LogP contribution in [0, 0.1) is 5.82 Å². The van der Waals surface area contributed by atoms with Gasteiger partial charge in [-0.15, -0.1) is 0 Å². The third-order valence-corrected chi connectivity index (χ3v) is 3.78. The molecule has 0 bridgehead atoms. The molecule has 0 radical (unpaired) electrons. The first kappa shape index (κ1) is 16.4. The molecular weight excluding hydrogens is 257 g/mol. The molecule has 112 valence electrons. The van der Waals surface area contributed by atoms with Crippen LogP contribution in [-0.4, -0.2) is 32.1 Å². The Bertz CT molecular complexity index is 452. The number of likely N-dealkylation sites (N-methyl/N-ethyl adjacent to an activating group) is 1. The second-order valence-electron chi connectivity index (χ2n) is 5.28. The van der Waals surface area contributed by atoms with Gasteiger partial charge in [-0.25, -0.2) is 4.39 Å². The van der Waals surface area contributed by atoms with Crippen molar-refractivity contribution in [3.63, 3.8) is 0 Å². The first-order valence-electron chi connectivity index (χ1n) is 6.85. The summed E-state index contributed by atoms with van der Waals surface area (Å²) in [5, 5.41) is 2.96. The Kier molecular flexibility index (Phi) is 5.95. The second kappa shape index (κ2) is 7.24. The molecule has 0 saturated carbocycles. The van der Waals surface area contributed by atoms with Crippen LogP contribution in [0.3, 0.4) is 0 Å². The van der Waals surface area contributed by atoms with Gasteiger partial charge >= 0.3 is 0 Å². The fourth-order valence-corrected chi connectivity index (χ4v) is 2.08. The lowest BCUT2D eigenvalue weighted by atomic mass is 9.94. The standard InChI is InChI=1S/C15H24FN3O/c1-15(18-2,14(17)20)10-6-7-11-19(3)13-9-5-4-8-12(13)16/h4-5,8-9,18H,6-7,10-11H2,1-3H3,(H2,17,20). The highest BCUT2D eigenvalue weighted by atomic mass is 19.1. The number of hydrogen-bond donors (Lipinski definition) is 2. The Hall–Kier alpha value is -1.62. The van der Waals surface area contributed by atoms with Crippen LogP contribution < -0.4 is 16.0 Å². The molecule has 1 unspecified atom stereocenters. The number of primary amides is 1. The number of para-hydroxylation sites is 1. The first-order chi connectivity index (χ1) is 9.40. The predicted molar refractivity (Wildman–Crippen MR) is 80.2 cm³/mol. The monoisotopic (exact) mass is 281 g/mol. The minimum absolute atomic E-state index is 0.216.